The molecule has 0 aliphatic rings. The Kier molecular flexibility index (Phi) is 5.67. The van der Waals surface area contributed by atoms with Gasteiger partial charge < -0.3 is 14.5 Å². The van der Waals surface area contributed by atoms with Crippen LogP contribution in [-0.2, 0) is 4.74 Å². The summed E-state index contributed by atoms with van der Waals surface area (Å²) in [6, 6.07) is 6.84. The van der Waals surface area contributed by atoms with Gasteiger partial charge in [-0.15, -0.1) is 0 Å². The second kappa shape index (κ2) is 7.53. The van der Waals surface area contributed by atoms with Crippen LogP contribution >= 0.6 is 11.6 Å². The second-order valence-electron chi connectivity index (χ2n) is 5.43. The van der Waals surface area contributed by atoms with Crippen LogP contribution in [0.3, 0.4) is 0 Å². The van der Waals surface area contributed by atoms with E-state index in [0.717, 1.165) is 0 Å². The molecule has 0 aliphatic heterocycles. The number of ketones is 1. The van der Waals surface area contributed by atoms with E-state index in [1.807, 2.05) is 0 Å². The number of hydrogen-bond acceptors (Lipinski definition) is 4. The van der Waals surface area contributed by atoms with Gasteiger partial charge in [-0.05, 0) is 51.5 Å². The van der Waals surface area contributed by atoms with Crippen LogP contribution in [0, 0.1) is 13.8 Å². The number of ether oxygens (including phenoxy) is 2. The van der Waals surface area contributed by atoms with Crippen molar-refractivity contribution >= 4 is 23.4 Å². The average Bonchev–Trinajstić information content (AvgIpc) is 2.81. The fourth-order valence-electron chi connectivity index (χ4n) is 2.51. The number of carbonyl (C=O) groups excluding carboxylic acids is 2. The number of carbonyl (C=O) groups is 2. The Balaban J connectivity index is 2.23. The van der Waals surface area contributed by atoms with Crippen LogP contribution in [0.5, 0.6) is 5.75 Å². The van der Waals surface area contributed by atoms with Crippen LogP contribution in [0.4, 0.5) is 0 Å². The molecule has 24 heavy (non-hydrogen) atoms. The zero-order valence-electron chi connectivity index (χ0n) is 14.1. The molecule has 1 aromatic heterocycles. The molecular formula is C18H20ClNO4. The lowest BCUT2D eigenvalue weighted by atomic mass is 10.1. The number of rotatable bonds is 6. The third kappa shape index (κ3) is 3.79. The van der Waals surface area contributed by atoms with E-state index in [2.05, 4.69) is 4.98 Å². The molecule has 0 amide bonds. The molecule has 128 valence electrons. The Morgan fingerprint density at radius 1 is 1.29 bits per heavy atom. The Labute approximate surface area is 145 Å². The minimum atomic E-state index is -0.727. The average molecular weight is 350 g/mol. The second-order valence-corrected chi connectivity index (χ2v) is 5.86. The lowest BCUT2D eigenvalue weighted by Crippen LogP contribution is -2.25. The van der Waals surface area contributed by atoms with Crippen molar-refractivity contribution in [1.82, 2.24) is 4.98 Å². The van der Waals surface area contributed by atoms with Crippen molar-refractivity contribution in [2.45, 2.75) is 33.8 Å². The molecule has 0 spiro atoms. The van der Waals surface area contributed by atoms with Crippen molar-refractivity contribution in [3.8, 4) is 5.75 Å². The van der Waals surface area contributed by atoms with E-state index in [1.54, 1.807) is 52.0 Å². The molecule has 1 heterocycles. The van der Waals surface area contributed by atoms with Crippen LogP contribution in [0.25, 0.3) is 0 Å². The summed E-state index contributed by atoms with van der Waals surface area (Å²) in [7, 11) is 0. The number of esters is 1. The number of hydrogen-bond donors (Lipinski definition) is 1. The Bertz CT molecular complexity index is 766. The van der Waals surface area contributed by atoms with E-state index in [9.17, 15) is 9.59 Å². The van der Waals surface area contributed by atoms with E-state index in [0.29, 0.717) is 33.3 Å². The van der Waals surface area contributed by atoms with Gasteiger partial charge >= 0.3 is 5.97 Å². The molecule has 0 radical (unpaired) electrons. The summed E-state index contributed by atoms with van der Waals surface area (Å²) in [6.07, 6.45) is -0.727. The number of aromatic amines is 1. The summed E-state index contributed by atoms with van der Waals surface area (Å²) in [4.78, 5) is 27.7. The van der Waals surface area contributed by atoms with Crippen LogP contribution in [0.1, 0.15) is 46.0 Å². The lowest BCUT2D eigenvalue weighted by Gasteiger charge is -2.13. The van der Waals surface area contributed by atoms with Crippen molar-refractivity contribution in [2.24, 2.45) is 0 Å². The minimum Gasteiger partial charge on any atom is -0.482 e. The summed E-state index contributed by atoms with van der Waals surface area (Å²) in [5, 5.41) is 0.531. The van der Waals surface area contributed by atoms with E-state index in [1.165, 1.54) is 0 Å². The molecular weight excluding hydrogens is 330 g/mol. The van der Waals surface area contributed by atoms with E-state index < -0.39 is 12.1 Å². The predicted octanol–water partition coefficient (Wildman–Crippen LogP) is 4.11. The summed E-state index contributed by atoms with van der Waals surface area (Å²) in [5.74, 6) is -0.174. The molecule has 0 bridgehead atoms. The molecule has 2 aromatic rings. The zero-order valence-corrected chi connectivity index (χ0v) is 14.9. The minimum absolute atomic E-state index is 0.244. The number of aromatic nitrogens is 1. The first kappa shape index (κ1) is 18.1. The topological polar surface area (TPSA) is 68.4 Å². The summed E-state index contributed by atoms with van der Waals surface area (Å²) >= 11 is 5.92. The summed E-state index contributed by atoms with van der Waals surface area (Å²) in [6.45, 7) is 7.12. The van der Waals surface area contributed by atoms with Crippen LogP contribution < -0.4 is 4.74 Å². The fraction of sp³-hybridized carbons (Fsp3) is 0.333. The van der Waals surface area contributed by atoms with E-state index in [4.69, 9.17) is 21.1 Å². The van der Waals surface area contributed by atoms with Crippen molar-refractivity contribution in [2.75, 3.05) is 6.61 Å². The number of halogens is 1. The smallest absolute Gasteiger partial charge is 0.340 e. The highest BCUT2D eigenvalue weighted by atomic mass is 35.5. The number of benzene rings is 1. The normalized spacial score (nSPS) is 11.9. The summed E-state index contributed by atoms with van der Waals surface area (Å²) in [5.41, 5.74) is 1.92. The monoisotopic (exact) mass is 349 g/mol. The molecule has 0 fully saturated rings. The van der Waals surface area contributed by atoms with Crippen molar-refractivity contribution in [1.29, 1.82) is 0 Å². The molecule has 0 saturated heterocycles. The van der Waals surface area contributed by atoms with Crippen LogP contribution in [0.15, 0.2) is 24.3 Å². The third-order valence-electron chi connectivity index (χ3n) is 3.64. The maximum atomic E-state index is 12.7. The molecule has 1 aromatic carbocycles. The highest BCUT2D eigenvalue weighted by Crippen LogP contribution is 2.23. The molecule has 1 N–H and O–H groups in total. The molecule has 6 heteroatoms. The number of aryl methyl sites for hydroxylation is 1. The predicted molar refractivity (Wildman–Crippen MR) is 92.1 cm³/mol. The Morgan fingerprint density at radius 2 is 2.00 bits per heavy atom. The van der Waals surface area contributed by atoms with Gasteiger partial charge in [0.15, 0.2) is 6.10 Å². The quantitative estimate of drug-likeness (QED) is 0.629. The molecule has 2 rings (SSSR count). The first-order valence-electron chi connectivity index (χ1n) is 7.67. The summed E-state index contributed by atoms with van der Waals surface area (Å²) < 4.78 is 10.7. The molecule has 1 atom stereocenters. The van der Waals surface area contributed by atoms with E-state index in [-0.39, 0.29) is 12.4 Å². The molecule has 5 nitrogen and oxygen atoms in total. The van der Waals surface area contributed by atoms with Crippen molar-refractivity contribution in [3.63, 3.8) is 0 Å². The van der Waals surface area contributed by atoms with Crippen LogP contribution in [-0.4, -0.2) is 29.4 Å². The maximum Gasteiger partial charge on any atom is 0.340 e. The number of H-pyrrole nitrogens is 1. The molecule has 0 aliphatic carbocycles. The highest BCUT2D eigenvalue weighted by Gasteiger charge is 2.26. The van der Waals surface area contributed by atoms with Gasteiger partial charge in [-0.3, -0.25) is 4.79 Å². The van der Waals surface area contributed by atoms with Gasteiger partial charge in [0.2, 0.25) is 5.78 Å². The first-order valence-corrected chi connectivity index (χ1v) is 8.05. The van der Waals surface area contributed by atoms with E-state index >= 15 is 0 Å². The van der Waals surface area contributed by atoms with Gasteiger partial charge in [0.05, 0.1) is 17.9 Å². The number of nitrogens with one attached hydrogen (secondary N) is 1. The highest BCUT2D eigenvalue weighted by molar-refractivity contribution is 6.30. The Morgan fingerprint density at radius 3 is 2.62 bits per heavy atom. The zero-order chi connectivity index (χ0) is 17.9. The Hall–Kier alpha value is -2.27. The van der Waals surface area contributed by atoms with Gasteiger partial charge in [-0.1, -0.05) is 17.7 Å². The van der Waals surface area contributed by atoms with Crippen LogP contribution in [0.2, 0.25) is 5.02 Å². The first-order chi connectivity index (χ1) is 11.3. The van der Waals surface area contributed by atoms with Gasteiger partial charge in [-0.25, -0.2) is 4.79 Å². The van der Waals surface area contributed by atoms with Gasteiger partial charge in [0.25, 0.3) is 0 Å². The molecule has 0 saturated carbocycles. The third-order valence-corrected chi connectivity index (χ3v) is 3.88. The largest absolute Gasteiger partial charge is 0.482 e. The number of Topliss-reactive ketones (excluding diaryl/α,β-unsaturated/α-hetero) is 1. The maximum absolute atomic E-state index is 12.7. The van der Waals surface area contributed by atoms with Crippen molar-refractivity contribution in [3.05, 3.63) is 51.8 Å². The SMILES string of the molecule is CCOC(=O)c1c(C)[nH]c(C(=O)[C@H](C)Oc2cccc(Cl)c2)c1C. The lowest BCUT2D eigenvalue weighted by molar-refractivity contribution is 0.0525. The van der Waals surface area contributed by atoms with Crippen molar-refractivity contribution < 1.29 is 19.1 Å². The van der Waals surface area contributed by atoms with Gasteiger partial charge in [0.1, 0.15) is 5.75 Å². The molecule has 0 unspecified atom stereocenters. The van der Waals surface area contributed by atoms with Gasteiger partial charge in [0, 0.05) is 10.7 Å². The standard InChI is InChI=1S/C18H20ClNO4/c1-5-23-18(22)15-10(2)16(20-11(15)3)17(21)12(4)24-14-8-6-7-13(19)9-14/h6-9,12,20H,5H2,1-4H3/t12-/m0/s1. The van der Waals surface area contributed by atoms with Gasteiger partial charge in [-0.2, -0.15) is 0 Å². The fourth-order valence-corrected chi connectivity index (χ4v) is 2.69.